The number of hydrogen-bond donors (Lipinski definition) is 1. The number of halogens is 1. The van der Waals surface area contributed by atoms with Gasteiger partial charge in [0, 0.05) is 9.75 Å². The molecule has 2 aromatic heterocycles. The van der Waals surface area contributed by atoms with Crippen LogP contribution in [0.3, 0.4) is 0 Å². The summed E-state index contributed by atoms with van der Waals surface area (Å²) in [5, 5.41) is 3.89. The van der Waals surface area contributed by atoms with Crippen LogP contribution in [0, 0.1) is 0 Å². The van der Waals surface area contributed by atoms with E-state index in [9.17, 15) is 4.79 Å². The third-order valence-corrected chi connectivity index (χ3v) is 3.78. The predicted molar refractivity (Wildman–Crippen MR) is 75.2 cm³/mol. The Balaban J connectivity index is 1.93. The monoisotopic (exact) mass is 326 g/mol. The Hall–Kier alpha value is -1.40. The number of hydrogen-bond acceptors (Lipinski definition) is 4. The number of carbonyl (C=O) groups excluding carboxylic acids is 1. The second-order valence-electron chi connectivity index (χ2n) is 3.46. The molecule has 0 spiro atoms. The van der Waals surface area contributed by atoms with Gasteiger partial charge in [-0.3, -0.25) is 4.79 Å². The summed E-state index contributed by atoms with van der Waals surface area (Å²) in [6.45, 7) is 2.10. The number of nitrogens with zero attached hydrogens (tertiary/aromatic N) is 1. The van der Waals surface area contributed by atoms with Crippen molar-refractivity contribution in [2.24, 2.45) is 5.10 Å². The first kappa shape index (κ1) is 13.0. The molecule has 0 atom stereocenters. The maximum absolute atomic E-state index is 11.6. The van der Waals surface area contributed by atoms with Crippen LogP contribution in [-0.2, 0) is 6.42 Å². The first-order chi connectivity index (χ1) is 8.69. The molecule has 0 aliphatic heterocycles. The summed E-state index contributed by atoms with van der Waals surface area (Å²) in [6.07, 6.45) is 2.63. The molecule has 0 unspecified atom stereocenters. The minimum atomic E-state index is -0.371. The lowest BCUT2D eigenvalue weighted by Gasteiger charge is -1.93. The standard InChI is InChI=1S/C12H11BrN2O2S/c1-2-8-3-4-9(18-8)7-14-15-12(16)10-5-6-11(13)17-10/h3-7H,2H2,1H3,(H,15,16)/b14-7+. The molecule has 2 aromatic rings. The Kier molecular flexibility index (Phi) is 4.33. The molecule has 4 nitrogen and oxygen atoms in total. The minimum absolute atomic E-state index is 0.222. The fourth-order valence-electron chi connectivity index (χ4n) is 1.30. The van der Waals surface area contributed by atoms with Crippen molar-refractivity contribution >= 4 is 39.4 Å². The molecular weight excluding hydrogens is 316 g/mol. The number of thiophene rings is 1. The van der Waals surface area contributed by atoms with Crippen molar-refractivity contribution in [1.29, 1.82) is 0 Å². The van der Waals surface area contributed by atoms with Crippen molar-refractivity contribution < 1.29 is 9.21 Å². The molecule has 18 heavy (non-hydrogen) atoms. The summed E-state index contributed by atoms with van der Waals surface area (Å²) in [6, 6.07) is 7.26. The quantitative estimate of drug-likeness (QED) is 0.691. The van der Waals surface area contributed by atoms with E-state index in [0.717, 1.165) is 11.3 Å². The second-order valence-corrected chi connectivity index (χ2v) is 5.44. The third-order valence-electron chi connectivity index (χ3n) is 2.19. The fraction of sp³-hybridized carbons (Fsp3) is 0.167. The normalized spacial score (nSPS) is 11.0. The number of carbonyl (C=O) groups is 1. The lowest BCUT2D eigenvalue weighted by atomic mass is 10.4. The zero-order chi connectivity index (χ0) is 13.0. The molecule has 0 fully saturated rings. The maximum atomic E-state index is 11.6. The zero-order valence-corrected chi connectivity index (χ0v) is 12.0. The van der Waals surface area contributed by atoms with Gasteiger partial charge in [0.1, 0.15) is 0 Å². The molecule has 0 aromatic carbocycles. The molecule has 0 aliphatic carbocycles. The van der Waals surface area contributed by atoms with Crippen LogP contribution in [0.2, 0.25) is 0 Å². The Labute approximate surface area is 117 Å². The molecule has 0 saturated carbocycles. The topological polar surface area (TPSA) is 54.6 Å². The molecule has 0 bridgehead atoms. The first-order valence-corrected chi connectivity index (χ1v) is 6.97. The Morgan fingerprint density at radius 2 is 2.33 bits per heavy atom. The van der Waals surface area contributed by atoms with E-state index < -0.39 is 0 Å². The number of amides is 1. The van der Waals surface area contributed by atoms with E-state index in [-0.39, 0.29) is 11.7 Å². The van der Waals surface area contributed by atoms with Gasteiger partial charge in [0.2, 0.25) is 0 Å². The molecule has 2 rings (SSSR count). The zero-order valence-electron chi connectivity index (χ0n) is 9.64. The van der Waals surface area contributed by atoms with Gasteiger partial charge >= 0.3 is 5.91 Å². The smallest absolute Gasteiger partial charge is 0.307 e. The minimum Gasteiger partial charge on any atom is -0.444 e. The van der Waals surface area contributed by atoms with Gasteiger partial charge in [-0.2, -0.15) is 5.10 Å². The molecule has 2 heterocycles. The van der Waals surface area contributed by atoms with Crippen molar-refractivity contribution in [1.82, 2.24) is 5.43 Å². The van der Waals surface area contributed by atoms with Crippen molar-refractivity contribution in [3.63, 3.8) is 0 Å². The van der Waals surface area contributed by atoms with E-state index in [2.05, 4.69) is 39.4 Å². The summed E-state index contributed by atoms with van der Waals surface area (Å²) in [7, 11) is 0. The molecule has 0 aliphatic rings. The van der Waals surface area contributed by atoms with Gasteiger partial charge in [-0.15, -0.1) is 11.3 Å². The highest BCUT2D eigenvalue weighted by Gasteiger charge is 2.08. The van der Waals surface area contributed by atoms with Crippen LogP contribution in [0.15, 0.2) is 38.5 Å². The van der Waals surface area contributed by atoms with Crippen LogP contribution in [0.25, 0.3) is 0 Å². The number of rotatable bonds is 4. The number of aryl methyl sites for hydroxylation is 1. The third kappa shape index (κ3) is 3.30. The van der Waals surface area contributed by atoms with E-state index >= 15 is 0 Å². The van der Waals surface area contributed by atoms with Crippen LogP contribution < -0.4 is 5.43 Å². The molecular formula is C12H11BrN2O2S. The fourth-order valence-corrected chi connectivity index (χ4v) is 2.43. The van der Waals surface area contributed by atoms with Gasteiger partial charge < -0.3 is 4.42 Å². The summed E-state index contributed by atoms with van der Waals surface area (Å²) in [5.74, 6) is -0.149. The predicted octanol–water partition coefficient (Wildman–Crippen LogP) is 3.43. The van der Waals surface area contributed by atoms with Crippen molar-refractivity contribution in [2.75, 3.05) is 0 Å². The second kappa shape index (κ2) is 5.97. The lowest BCUT2D eigenvalue weighted by Crippen LogP contribution is -2.16. The highest BCUT2D eigenvalue weighted by Crippen LogP contribution is 2.15. The van der Waals surface area contributed by atoms with Crippen LogP contribution in [0.4, 0.5) is 0 Å². The largest absolute Gasteiger partial charge is 0.444 e. The summed E-state index contributed by atoms with van der Waals surface area (Å²) < 4.78 is 5.62. The molecule has 1 N–H and O–H groups in total. The number of hydrazone groups is 1. The van der Waals surface area contributed by atoms with E-state index in [1.807, 2.05) is 6.07 Å². The van der Waals surface area contributed by atoms with E-state index in [0.29, 0.717) is 4.67 Å². The highest BCUT2D eigenvalue weighted by molar-refractivity contribution is 9.10. The molecule has 1 amide bonds. The highest BCUT2D eigenvalue weighted by atomic mass is 79.9. The molecule has 0 saturated heterocycles. The van der Waals surface area contributed by atoms with Crippen molar-refractivity contribution in [2.45, 2.75) is 13.3 Å². The van der Waals surface area contributed by atoms with Crippen LogP contribution >= 0.6 is 27.3 Å². The van der Waals surface area contributed by atoms with Gasteiger partial charge in [0.25, 0.3) is 0 Å². The van der Waals surface area contributed by atoms with E-state index in [4.69, 9.17) is 4.42 Å². The molecule has 0 radical (unpaired) electrons. The number of furan rings is 1. The summed E-state index contributed by atoms with van der Waals surface area (Å²) in [4.78, 5) is 13.9. The average Bonchev–Trinajstić information content (AvgIpc) is 2.98. The molecule has 6 heteroatoms. The maximum Gasteiger partial charge on any atom is 0.307 e. The average molecular weight is 327 g/mol. The summed E-state index contributed by atoms with van der Waals surface area (Å²) >= 11 is 4.79. The molecule has 94 valence electrons. The SMILES string of the molecule is CCc1ccc(/C=N/NC(=O)c2ccc(Br)o2)s1. The van der Waals surface area contributed by atoms with Crippen LogP contribution in [0.1, 0.15) is 27.2 Å². The van der Waals surface area contributed by atoms with Gasteiger partial charge in [0.15, 0.2) is 10.4 Å². The van der Waals surface area contributed by atoms with Crippen molar-refractivity contribution in [3.05, 3.63) is 44.4 Å². The van der Waals surface area contributed by atoms with Gasteiger partial charge in [-0.25, -0.2) is 5.43 Å². The Morgan fingerprint density at radius 3 is 2.94 bits per heavy atom. The first-order valence-electron chi connectivity index (χ1n) is 5.36. The Morgan fingerprint density at radius 1 is 1.50 bits per heavy atom. The van der Waals surface area contributed by atoms with E-state index in [1.165, 1.54) is 4.88 Å². The van der Waals surface area contributed by atoms with Gasteiger partial charge in [0.05, 0.1) is 6.21 Å². The summed E-state index contributed by atoms with van der Waals surface area (Å²) in [5.41, 5.74) is 2.41. The van der Waals surface area contributed by atoms with Gasteiger partial charge in [-0.1, -0.05) is 6.92 Å². The van der Waals surface area contributed by atoms with Crippen LogP contribution in [-0.4, -0.2) is 12.1 Å². The number of nitrogens with one attached hydrogen (secondary N) is 1. The van der Waals surface area contributed by atoms with Crippen molar-refractivity contribution in [3.8, 4) is 0 Å². The van der Waals surface area contributed by atoms with E-state index in [1.54, 1.807) is 29.7 Å². The Bertz CT molecular complexity index is 574. The van der Waals surface area contributed by atoms with Crippen LogP contribution in [0.5, 0.6) is 0 Å². The lowest BCUT2D eigenvalue weighted by molar-refractivity contribution is 0.0926. The van der Waals surface area contributed by atoms with Gasteiger partial charge in [-0.05, 0) is 46.6 Å².